The molecule has 1 fully saturated rings. The number of carbonyl (C=O) groups excluding carboxylic acids is 1. The fourth-order valence-electron chi connectivity index (χ4n) is 3.30. The summed E-state index contributed by atoms with van der Waals surface area (Å²) in [6.07, 6.45) is 1.70. The van der Waals surface area contributed by atoms with Gasteiger partial charge in [0.25, 0.3) is 0 Å². The van der Waals surface area contributed by atoms with Crippen molar-refractivity contribution in [2.45, 2.75) is 25.4 Å². The number of rotatable bonds is 6. The maximum absolute atomic E-state index is 12.2. The van der Waals surface area contributed by atoms with E-state index in [2.05, 4.69) is 6.07 Å². The Morgan fingerprint density at radius 1 is 1.25 bits per heavy atom. The third-order valence-electron chi connectivity index (χ3n) is 4.81. The van der Waals surface area contributed by atoms with E-state index in [0.29, 0.717) is 12.5 Å². The molecule has 5 heteroatoms. The number of hydrogen-bond donors (Lipinski definition) is 1. The standard InChI is InChI=1S/C19H22ClNO3/c1-24-18-5-4-15-6-13(2-3-16(15)9-18)11-21(19(23)10-20)17-7-14(8-17)12-22/h2-6,9,14,17,22H,7-8,10-12H2,1H3. The molecule has 0 aliphatic heterocycles. The summed E-state index contributed by atoms with van der Waals surface area (Å²) in [6, 6.07) is 12.3. The van der Waals surface area contributed by atoms with Gasteiger partial charge < -0.3 is 14.7 Å². The number of amides is 1. The lowest BCUT2D eigenvalue weighted by atomic mass is 9.79. The van der Waals surface area contributed by atoms with Crippen LogP contribution in [0.3, 0.4) is 0 Å². The predicted octanol–water partition coefficient (Wildman–Crippen LogP) is 3.19. The quantitative estimate of drug-likeness (QED) is 0.816. The van der Waals surface area contributed by atoms with Crippen molar-refractivity contribution in [2.75, 3.05) is 19.6 Å². The van der Waals surface area contributed by atoms with E-state index in [1.807, 2.05) is 35.2 Å². The highest BCUT2D eigenvalue weighted by Crippen LogP contribution is 2.33. The van der Waals surface area contributed by atoms with Crippen LogP contribution in [0.25, 0.3) is 10.8 Å². The van der Waals surface area contributed by atoms with Gasteiger partial charge in [-0.1, -0.05) is 18.2 Å². The first kappa shape index (κ1) is 17.1. The van der Waals surface area contributed by atoms with Crippen LogP contribution in [-0.2, 0) is 11.3 Å². The molecule has 0 bridgehead atoms. The van der Waals surface area contributed by atoms with Crippen LogP contribution in [0.5, 0.6) is 5.75 Å². The summed E-state index contributed by atoms with van der Waals surface area (Å²) in [4.78, 5) is 14.1. The molecule has 1 saturated carbocycles. The molecule has 1 N–H and O–H groups in total. The highest BCUT2D eigenvalue weighted by Gasteiger charge is 2.35. The largest absolute Gasteiger partial charge is 0.497 e. The maximum Gasteiger partial charge on any atom is 0.238 e. The van der Waals surface area contributed by atoms with E-state index in [1.165, 1.54) is 0 Å². The summed E-state index contributed by atoms with van der Waals surface area (Å²) < 4.78 is 5.25. The van der Waals surface area contributed by atoms with Gasteiger partial charge in [0.1, 0.15) is 11.6 Å². The molecule has 2 aromatic rings. The lowest BCUT2D eigenvalue weighted by Gasteiger charge is -2.42. The van der Waals surface area contributed by atoms with Crippen LogP contribution in [0.2, 0.25) is 0 Å². The summed E-state index contributed by atoms with van der Waals surface area (Å²) in [5.74, 6) is 1.08. The Kier molecular flexibility index (Phi) is 5.27. The smallest absolute Gasteiger partial charge is 0.238 e. The molecule has 1 aliphatic rings. The normalized spacial score (nSPS) is 19.8. The Labute approximate surface area is 147 Å². The molecular weight excluding hydrogens is 326 g/mol. The summed E-state index contributed by atoms with van der Waals surface area (Å²) in [5, 5.41) is 11.4. The second-order valence-corrected chi connectivity index (χ2v) is 6.64. The second-order valence-electron chi connectivity index (χ2n) is 6.38. The van der Waals surface area contributed by atoms with Crippen LogP contribution in [0.4, 0.5) is 0 Å². The van der Waals surface area contributed by atoms with Gasteiger partial charge in [-0.25, -0.2) is 0 Å². The molecule has 128 valence electrons. The van der Waals surface area contributed by atoms with Crippen LogP contribution in [0, 0.1) is 5.92 Å². The Hall–Kier alpha value is -1.78. The van der Waals surface area contributed by atoms with E-state index < -0.39 is 0 Å². The van der Waals surface area contributed by atoms with Gasteiger partial charge in [0.15, 0.2) is 0 Å². The zero-order valence-corrected chi connectivity index (χ0v) is 14.5. The number of aliphatic hydroxyl groups excluding tert-OH is 1. The molecule has 0 spiro atoms. The summed E-state index contributed by atoms with van der Waals surface area (Å²) in [7, 11) is 1.66. The van der Waals surface area contributed by atoms with Crippen LogP contribution in [0.15, 0.2) is 36.4 Å². The van der Waals surface area contributed by atoms with Crippen LogP contribution < -0.4 is 4.74 Å². The molecule has 0 aromatic heterocycles. The van der Waals surface area contributed by atoms with Gasteiger partial charge in [-0.05, 0) is 53.3 Å². The van der Waals surface area contributed by atoms with Crippen LogP contribution in [0.1, 0.15) is 18.4 Å². The van der Waals surface area contributed by atoms with Crippen molar-refractivity contribution in [3.63, 3.8) is 0 Å². The van der Waals surface area contributed by atoms with Crippen molar-refractivity contribution in [3.05, 3.63) is 42.0 Å². The third kappa shape index (κ3) is 3.50. The number of ether oxygens (including phenoxy) is 1. The van der Waals surface area contributed by atoms with Crippen molar-refractivity contribution in [1.82, 2.24) is 4.90 Å². The molecule has 0 atom stereocenters. The molecule has 0 radical (unpaired) electrons. The third-order valence-corrected chi connectivity index (χ3v) is 5.04. The topological polar surface area (TPSA) is 49.8 Å². The number of aliphatic hydroxyl groups is 1. The van der Waals surface area contributed by atoms with Gasteiger partial charge in [-0.15, -0.1) is 11.6 Å². The first-order valence-electron chi connectivity index (χ1n) is 8.17. The molecule has 0 heterocycles. The SMILES string of the molecule is COc1ccc2cc(CN(C(=O)CCl)C3CC(CO)C3)ccc2c1. The van der Waals surface area contributed by atoms with Crippen LogP contribution in [-0.4, -0.2) is 41.6 Å². The molecule has 1 amide bonds. The summed E-state index contributed by atoms with van der Waals surface area (Å²) in [5.41, 5.74) is 1.08. The van der Waals surface area contributed by atoms with Gasteiger partial charge in [-0.3, -0.25) is 4.79 Å². The van der Waals surface area contributed by atoms with Gasteiger partial charge >= 0.3 is 0 Å². The van der Waals surface area contributed by atoms with Crippen molar-refractivity contribution in [2.24, 2.45) is 5.92 Å². The van der Waals surface area contributed by atoms with Crippen molar-refractivity contribution in [1.29, 1.82) is 0 Å². The number of nitrogens with zero attached hydrogens (tertiary/aromatic N) is 1. The molecule has 24 heavy (non-hydrogen) atoms. The van der Waals surface area contributed by atoms with Gasteiger partial charge in [0, 0.05) is 19.2 Å². The number of alkyl halides is 1. The maximum atomic E-state index is 12.2. The van der Waals surface area contributed by atoms with E-state index in [-0.39, 0.29) is 24.4 Å². The molecule has 0 unspecified atom stereocenters. The fraction of sp³-hybridized carbons (Fsp3) is 0.421. The minimum Gasteiger partial charge on any atom is -0.497 e. The molecule has 4 nitrogen and oxygen atoms in total. The monoisotopic (exact) mass is 347 g/mol. The average molecular weight is 348 g/mol. The minimum atomic E-state index is -0.0483. The highest BCUT2D eigenvalue weighted by molar-refractivity contribution is 6.27. The number of fused-ring (bicyclic) bond motifs is 1. The molecular formula is C19H22ClNO3. The lowest BCUT2D eigenvalue weighted by molar-refractivity contribution is -0.134. The van der Waals surface area contributed by atoms with E-state index in [9.17, 15) is 9.90 Å². The highest BCUT2D eigenvalue weighted by atomic mass is 35.5. The van der Waals surface area contributed by atoms with Crippen molar-refractivity contribution in [3.8, 4) is 5.75 Å². The van der Waals surface area contributed by atoms with Crippen molar-refractivity contribution >= 4 is 28.3 Å². The van der Waals surface area contributed by atoms with E-state index >= 15 is 0 Å². The first-order valence-corrected chi connectivity index (χ1v) is 8.71. The summed E-state index contributed by atoms with van der Waals surface area (Å²) in [6.45, 7) is 0.744. The first-order chi connectivity index (χ1) is 11.6. The van der Waals surface area contributed by atoms with Gasteiger partial charge in [0.05, 0.1) is 7.11 Å². The van der Waals surface area contributed by atoms with Gasteiger partial charge in [0.2, 0.25) is 5.91 Å². The lowest BCUT2D eigenvalue weighted by Crippen LogP contribution is -2.48. The number of carbonyl (C=O) groups is 1. The Balaban J connectivity index is 1.79. The number of benzene rings is 2. The van der Waals surface area contributed by atoms with Gasteiger partial charge in [-0.2, -0.15) is 0 Å². The number of hydrogen-bond acceptors (Lipinski definition) is 3. The molecule has 3 rings (SSSR count). The minimum absolute atomic E-state index is 0.00886. The van der Waals surface area contributed by atoms with E-state index in [1.54, 1.807) is 7.11 Å². The van der Waals surface area contributed by atoms with Crippen LogP contribution >= 0.6 is 11.6 Å². The van der Waals surface area contributed by atoms with Crippen molar-refractivity contribution < 1.29 is 14.6 Å². The zero-order valence-electron chi connectivity index (χ0n) is 13.7. The Morgan fingerprint density at radius 2 is 1.96 bits per heavy atom. The fourth-order valence-corrected chi connectivity index (χ4v) is 3.45. The second kappa shape index (κ2) is 7.41. The van der Waals surface area contributed by atoms with E-state index in [4.69, 9.17) is 16.3 Å². The number of methoxy groups -OCH3 is 1. The molecule has 0 saturated heterocycles. The Bertz CT molecular complexity index is 728. The molecule has 1 aliphatic carbocycles. The van der Waals surface area contributed by atoms with E-state index in [0.717, 1.165) is 34.9 Å². The summed E-state index contributed by atoms with van der Waals surface area (Å²) >= 11 is 5.78. The average Bonchev–Trinajstić information content (AvgIpc) is 2.58. The Morgan fingerprint density at radius 3 is 2.62 bits per heavy atom. The predicted molar refractivity (Wildman–Crippen MR) is 95.4 cm³/mol. The number of halogens is 1. The zero-order chi connectivity index (χ0) is 17.1. The molecule has 2 aromatic carbocycles.